The van der Waals surface area contributed by atoms with Gasteiger partial charge in [0.1, 0.15) is 6.04 Å². The molecule has 1 fully saturated rings. The number of cyclic esters (lactones) is 1. The van der Waals surface area contributed by atoms with Crippen LogP contribution in [0.5, 0.6) is 0 Å². The lowest BCUT2D eigenvalue weighted by atomic mass is 9.91. The first-order valence-corrected chi connectivity index (χ1v) is 5.88. The first kappa shape index (κ1) is 13.5. The summed E-state index contributed by atoms with van der Waals surface area (Å²) in [5.74, 6) is 0.239. The van der Waals surface area contributed by atoms with Gasteiger partial charge in [-0.15, -0.1) is 0 Å². The van der Waals surface area contributed by atoms with E-state index in [-0.39, 0.29) is 17.6 Å². The molecule has 0 radical (unpaired) electrons. The molecule has 0 aromatic heterocycles. The fourth-order valence-corrected chi connectivity index (χ4v) is 2.07. The predicted molar refractivity (Wildman–Crippen MR) is 64.3 cm³/mol. The second-order valence-corrected chi connectivity index (χ2v) is 5.85. The van der Waals surface area contributed by atoms with Crippen molar-refractivity contribution in [2.75, 3.05) is 27.2 Å². The Kier molecular flexibility index (Phi) is 4.33. The van der Waals surface area contributed by atoms with Crippen molar-refractivity contribution in [3.05, 3.63) is 0 Å². The van der Waals surface area contributed by atoms with E-state index >= 15 is 0 Å². The van der Waals surface area contributed by atoms with Crippen LogP contribution in [0.4, 0.5) is 0 Å². The molecule has 2 unspecified atom stereocenters. The van der Waals surface area contributed by atoms with Gasteiger partial charge in [0.15, 0.2) is 0 Å². The largest absolute Gasteiger partial charge is 0.465 e. The van der Waals surface area contributed by atoms with Gasteiger partial charge >= 0.3 is 5.97 Å². The van der Waals surface area contributed by atoms with Gasteiger partial charge in [-0.3, -0.25) is 10.1 Å². The third-order valence-electron chi connectivity index (χ3n) is 2.65. The first-order valence-electron chi connectivity index (χ1n) is 5.88. The van der Waals surface area contributed by atoms with E-state index in [2.05, 4.69) is 31.0 Å². The van der Waals surface area contributed by atoms with Gasteiger partial charge in [-0.25, -0.2) is 0 Å². The van der Waals surface area contributed by atoms with Crippen LogP contribution < -0.4 is 5.32 Å². The Balaban J connectivity index is 2.68. The van der Waals surface area contributed by atoms with Crippen molar-refractivity contribution < 1.29 is 9.53 Å². The van der Waals surface area contributed by atoms with E-state index < -0.39 is 0 Å². The van der Waals surface area contributed by atoms with Crippen LogP contribution in [0.2, 0.25) is 0 Å². The van der Waals surface area contributed by atoms with Crippen LogP contribution in [-0.2, 0) is 9.53 Å². The molecule has 1 N–H and O–H groups in total. The van der Waals surface area contributed by atoms with Crippen molar-refractivity contribution in [1.82, 2.24) is 10.2 Å². The Morgan fingerprint density at radius 1 is 1.44 bits per heavy atom. The summed E-state index contributed by atoms with van der Waals surface area (Å²) < 4.78 is 5.13. The maximum Gasteiger partial charge on any atom is 0.323 e. The average molecular weight is 228 g/mol. The van der Waals surface area contributed by atoms with E-state index in [1.54, 1.807) is 0 Å². The fourth-order valence-electron chi connectivity index (χ4n) is 2.07. The number of hydrogen-bond donors (Lipinski definition) is 1. The zero-order chi connectivity index (χ0) is 12.3. The van der Waals surface area contributed by atoms with Crippen molar-refractivity contribution >= 4 is 5.97 Å². The summed E-state index contributed by atoms with van der Waals surface area (Å²) in [5, 5.41) is 3.36. The summed E-state index contributed by atoms with van der Waals surface area (Å²) in [7, 11) is 4.07. The van der Waals surface area contributed by atoms with Gasteiger partial charge in [-0.05, 0) is 41.3 Å². The summed E-state index contributed by atoms with van der Waals surface area (Å²) in [6, 6.07) is -0.170. The molecule has 0 aromatic rings. The van der Waals surface area contributed by atoms with E-state index in [1.165, 1.54) is 0 Å². The van der Waals surface area contributed by atoms with Gasteiger partial charge in [-0.1, -0.05) is 0 Å². The van der Waals surface area contributed by atoms with Gasteiger partial charge in [-0.2, -0.15) is 0 Å². The highest BCUT2D eigenvalue weighted by atomic mass is 16.5. The summed E-state index contributed by atoms with van der Waals surface area (Å²) >= 11 is 0. The Morgan fingerprint density at radius 3 is 2.56 bits per heavy atom. The molecule has 16 heavy (non-hydrogen) atoms. The summed E-state index contributed by atoms with van der Waals surface area (Å²) in [6.07, 6.45) is 0.942. The first-order chi connectivity index (χ1) is 7.29. The van der Waals surface area contributed by atoms with Gasteiger partial charge in [0.25, 0.3) is 0 Å². The molecule has 1 saturated heterocycles. The third kappa shape index (κ3) is 4.10. The van der Waals surface area contributed by atoms with Gasteiger partial charge < -0.3 is 9.64 Å². The summed E-state index contributed by atoms with van der Waals surface area (Å²) in [4.78, 5) is 13.9. The molecule has 2 atom stereocenters. The van der Waals surface area contributed by atoms with Crippen LogP contribution in [0.1, 0.15) is 27.2 Å². The lowest BCUT2D eigenvalue weighted by molar-refractivity contribution is -0.154. The maximum absolute atomic E-state index is 11.8. The van der Waals surface area contributed by atoms with Gasteiger partial charge in [0.2, 0.25) is 0 Å². The zero-order valence-corrected chi connectivity index (χ0v) is 11.0. The van der Waals surface area contributed by atoms with E-state index in [1.807, 2.05) is 14.1 Å². The number of carbonyl (C=O) groups is 1. The topological polar surface area (TPSA) is 41.6 Å². The van der Waals surface area contributed by atoms with Crippen molar-refractivity contribution in [3.63, 3.8) is 0 Å². The molecule has 1 heterocycles. The van der Waals surface area contributed by atoms with E-state index in [0.717, 1.165) is 13.0 Å². The molecular weight excluding hydrogens is 204 g/mol. The van der Waals surface area contributed by atoms with Crippen molar-refractivity contribution in [1.29, 1.82) is 0 Å². The van der Waals surface area contributed by atoms with E-state index in [0.29, 0.717) is 12.5 Å². The molecule has 0 aliphatic carbocycles. The highest BCUT2D eigenvalue weighted by Gasteiger charge is 2.35. The molecule has 1 aliphatic heterocycles. The van der Waals surface area contributed by atoms with Crippen molar-refractivity contribution in [3.8, 4) is 0 Å². The molecule has 1 rings (SSSR count). The van der Waals surface area contributed by atoms with Crippen LogP contribution in [0.3, 0.4) is 0 Å². The normalized spacial score (nSPS) is 27.0. The molecule has 94 valence electrons. The Morgan fingerprint density at radius 2 is 2.06 bits per heavy atom. The number of esters is 1. The quantitative estimate of drug-likeness (QED) is 0.728. The highest BCUT2D eigenvalue weighted by molar-refractivity contribution is 5.77. The molecule has 0 amide bonds. The number of ether oxygens (including phenoxy) is 1. The molecule has 1 aliphatic rings. The number of nitrogens with zero attached hydrogens (tertiary/aromatic N) is 1. The number of carbonyl (C=O) groups excluding carboxylic acids is 1. The SMILES string of the molecule is CN(C)CC1CCOC(=O)C1NC(C)(C)C. The van der Waals surface area contributed by atoms with Crippen LogP contribution in [-0.4, -0.2) is 49.7 Å². The van der Waals surface area contributed by atoms with Gasteiger partial charge in [0, 0.05) is 18.0 Å². The van der Waals surface area contributed by atoms with Gasteiger partial charge in [0.05, 0.1) is 6.61 Å². The summed E-state index contributed by atoms with van der Waals surface area (Å²) in [5.41, 5.74) is -0.0639. The molecular formula is C12H24N2O2. The second-order valence-electron chi connectivity index (χ2n) is 5.85. The lowest BCUT2D eigenvalue weighted by Gasteiger charge is -2.36. The predicted octanol–water partition coefficient (Wildman–Crippen LogP) is 0.868. The molecule has 4 nitrogen and oxygen atoms in total. The standard InChI is InChI=1S/C12H24N2O2/c1-12(2,3)13-10-9(8-14(4)5)6-7-16-11(10)15/h9-10,13H,6-8H2,1-5H3. The van der Waals surface area contributed by atoms with Crippen LogP contribution in [0, 0.1) is 5.92 Å². The Labute approximate surface area is 98.3 Å². The molecule has 4 heteroatoms. The van der Waals surface area contributed by atoms with Crippen LogP contribution in [0.15, 0.2) is 0 Å². The number of rotatable bonds is 3. The van der Waals surface area contributed by atoms with E-state index in [9.17, 15) is 4.79 Å². The minimum Gasteiger partial charge on any atom is -0.465 e. The average Bonchev–Trinajstić information content (AvgIpc) is 2.08. The monoisotopic (exact) mass is 228 g/mol. The van der Waals surface area contributed by atoms with Crippen molar-refractivity contribution in [2.45, 2.75) is 38.8 Å². The minimum absolute atomic E-state index is 0.0639. The fraction of sp³-hybridized carbons (Fsp3) is 0.917. The highest BCUT2D eigenvalue weighted by Crippen LogP contribution is 2.19. The minimum atomic E-state index is -0.170. The molecule has 0 saturated carbocycles. The van der Waals surface area contributed by atoms with Crippen LogP contribution >= 0.6 is 0 Å². The second kappa shape index (κ2) is 5.15. The smallest absolute Gasteiger partial charge is 0.323 e. The van der Waals surface area contributed by atoms with Crippen LogP contribution in [0.25, 0.3) is 0 Å². The lowest BCUT2D eigenvalue weighted by Crippen LogP contribution is -2.56. The number of hydrogen-bond acceptors (Lipinski definition) is 4. The molecule has 0 aromatic carbocycles. The zero-order valence-electron chi connectivity index (χ0n) is 11.0. The Hall–Kier alpha value is -0.610. The summed E-state index contributed by atoms with van der Waals surface area (Å²) in [6.45, 7) is 7.69. The molecule has 0 spiro atoms. The molecule has 0 bridgehead atoms. The van der Waals surface area contributed by atoms with Crippen molar-refractivity contribution in [2.24, 2.45) is 5.92 Å². The number of nitrogens with one attached hydrogen (secondary N) is 1. The van der Waals surface area contributed by atoms with E-state index in [4.69, 9.17) is 4.74 Å². The maximum atomic E-state index is 11.8. The third-order valence-corrected chi connectivity index (χ3v) is 2.65. The Bertz CT molecular complexity index is 246.